The lowest BCUT2D eigenvalue weighted by atomic mass is 10.2. The SMILES string of the molecule is COc1ccc(S(=O)(=O)Oc2ccc(S(=O)(=O)N(C)C)c3ccc(C)nc23)cc1. The molecule has 0 aliphatic rings. The van der Waals surface area contributed by atoms with E-state index in [4.69, 9.17) is 8.92 Å². The quantitative estimate of drug-likeness (QED) is 0.547. The zero-order chi connectivity index (χ0) is 21.4. The Morgan fingerprint density at radius 3 is 2.14 bits per heavy atom. The van der Waals surface area contributed by atoms with Crippen LogP contribution in [0.5, 0.6) is 11.5 Å². The third-order valence-electron chi connectivity index (χ3n) is 4.23. The number of rotatable bonds is 6. The molecule has 0 amide bonds. The van der Waals surface area contributed by atoms with Crippen molar-refractivity contribution in [3.63, 3.8) is 0 Å². The Bertz CT molecular complexity index is 1270. The molecule has 154 valence electrons. The van der Waals surface area contributed by atoms with E-state index in [0.717, 1.165) is 4.31 Å². The maximum absolute atomic E-state index is 12.7. The number of aryl methyl sites for hydroxylation is 1. The molecule has 0 aliphatic carbocycles. The standard InChI is InChI=1S/C19H20N2O6S2/c1-13-5-10-16-18(28(22,23)21(2)3)12-11-17(19(16)20-13)27-29(24,25)15-8-6-14(26-4)7-9-15/h5-12H,1-4H3. The van der Waals surface area contributed by atoms with Crippen LogP contribution < -0.4 is 8.92 Å². The number of pyridine rings is 1. The summed E-state index contributed by atoms with van der Waals surface area (Å²) in [6.07, 6.45) is 0. The molecular weight excluding hydrogens is 416 g/mol. The van der Waals surface area contributed by atoms with Crippen molar-refractivity contribution in [2.75, 3.05) is 21.2 Å². The van der Waals surface area contributed by atoms with Gasteiger partial charge in [0.25, 0.3) is 0 Å². The molecule has 0 bridgehead atoms. The monoisotopic (exact) mass is 436 g/mol. The smallest absolute Gasteiger partial charge is 0.339 e. The molecule has 1 aromatic heterocycles. The summed E-state index contributed by atoms with van der Waals surface area (Å²) in [5.74, 6) is 0.446. The molecule has 0 atom stereocenters. The normalized spacial score (nSPS) is 12.3. The Kier molecular flexibility index (Phi) is 5.52. The zero-order valence-corrected chi connectivity index (χ0v) is 17.9. The van der Waals surface area contributed by atoms with Crippen molar-refractivity contribution < 1.29 is 25.8 Å². The summed E-state index contributed by atoms with van der Waals surface area (Å²) in [5, 5.41) is 0.270. The number of hydrogen-bond acceptors (Lipinski definition) is 7. The zero-order valence-electron chi connectivity index (χ0n) is 16.3. The Labute approximate surface area is 169 Å². The van der Waals surface area contributed by atoms with E-state index < -0.39 is 20.1 Å². The van der Waals surface area contributed by atoms with Gasteiger partial charge in [-0.3, -0.25) is 0 Å². The highest BCUT2D eigenvalue weighted by atomic mass is 32.2. The number of benzene rings is 2. The van der Waals surface area contributed by atoms with E-state index in [2.05, 4.69) is 4.98 Å². The lowest BCUT2D eigenvalue weighted by Crippen LogP contribution is -2.22. The molecule has 0 unspecified atom stereocenters. The minimum absolute atomic E-state index is 0.0131. The number of methoxy groups -OCH3 is 1. The minimum Gasteiger partial charge on any atom is -0.497 e. The Morgan fingerprint density at radius 2 is 1.55 bits per heavy atom. The van der Waals surface area contributed by atoms with Gasteiger partial charge in [-0.2, -0.15) is 8.42 Å². The fourth-order valence-corrected chi connectivity index (χ4v) is 4.67. The molecular formula is C19H20N2O6S2. The molecule has 8 nitrogen and oxygen atoms in total. The van der Waals surface area contributed by atoms with E-state index in [-0.39, 0.29) is 26.4 Å². The lowest BCUT2D eigenvalue weighted by molar-refractivity contribution is 0.414. The van der Waals surface area contributed by atoms with Crippen LogP contribution in [0.25, 0.3) is 10.9 Å². The van der Waals surface area contributed by atoms with Gasteiger partial charge in [0, 0.05) is 25.2 Å². The van der Waals surface area contributed by atoms with Crippen LogP contribution in [0.2, 0.25) is 0 Å². The maximum Gasteiger partial charge on any atom is 0.339 e. The van der Waals surface area contributed by atoms with E-state index in [0.29, 0.717) is 11.4 Å². The first-order valence-corrected chi connectivity index (χ1v) is 11.3. The van der Waals surface area contributed by atoms with Crippen LogP contribution in [0.3, 0.4) is 0 Å². The Morgan fingerprint density at radius 1 is 0.897 bits per heavy atom. The van der Waals surface area contributed by atoms with Crippen molar-refractivity contribution >= 4 is 31.0 Å². The number of ether oxygens (including phenoxy) is 1. The molecule has 3 aromatic rings. The van der Waals surface area contributed by atoms with Gasteiger partial charge in [-0.1, -0.05) is 0 Å². The van der Waals surface area contributed by atoms with Crippen LogP contribution in [0, 0.1) is 6.92 Å². The van der Waals surface area contributed by atoms with Crippen molar-refractivity contribution in [1.29, 1.82) is 0 Å². The summed E-state index contributed by atoms with van der Waals surface area (Å²) in [5.41, 5.74) is 0.730. The van der Waals surface area contributed by atoms with Gasteiger partial charge < -0.3 is 8.92 Å². The van der Waals surface area contributed by atoms with Gasteiger partial charge in [0.15, 0.2) is 5.75 Å². The Hall–Kier alpha value is -2.69. The van der Waals surface area contributed by atoms with Crippen LogP contribution in [-0.2, 0) is 20.1 Å². The number of nitrogens with zero attached hydrogens (tertiary/aromatic N) is 2. The molecule has 0 spiro atoms. The van der Waals surface area contributed by atoms with E-state index >= 15 is 0 Å². The molecule has 10 heteroatoms. The predicted octanol–water partition coefficient (Wildman–Crippen LogP) is 2.57. The first-order valence-electron chi connectivity index (χ1n) is 8.48. The summed E-state index contributed by atoms with van der Waals surface area (Å²) >= 11 is 0. The summed E-state index contributed by atoms with van der Waals surface area (Å²) in [6, 6.07) is 11.6. The van der Waals surface area contributed by atoms with Gasteiger partial charge in [0.1, 0.15) is 16.2 Å². The molecule has 0 fully saturated rings. The fourth-order valence-electron chi connectivity index (χ4n) is 2.66. The van der Waals surface area contributed by atoms with E-state index in [1.165, 1.54) is 57.6 Å². The fraction of sp³-hybridized carbons (Fsp3) is 0.211. The molecule has 0 saturated carbocycles. The van der Waals surface area contributed by atoms with E-state index in [1.807, 2.05) is 0 Å². The Balaban J connectivity index is 2.14. The summed E-state index contributed by atoms with van der Waals surface area (Å²) in [7, 11) is -3.61. The second-order valence-corrected chi connectivity index (χ2v) is 10.1. The summed E-state index contributed by atoms with van der Waals surface area (Å²) in [6.45, 7) is 1.72. The number of fused-ring (bicyclic) bond motifs is 1. The minimum atomic E-state index is -4.16. The van der Waals surface area contributed by atoms with Gasteiger partial charge >= 0.3 is 10.1 Å². The first kappa shape index (κ1) is 21.0. The molecule has 0 aliphatic heterocycles. The van der Waals surface area contributed by atoms with Gasteiger partial charge in [-0.05, 0) is 55.5 Å². The highest BCUT2D eigenvalue weighted by Gasteiger charge is 2.25. The van der Waals surface area contributed by atoms with Gasteiger partial charge in [0.2, 0.25) is 10.0 Å². The molecule has 0 N–H and O–H groups in total. The van der Waals surface area contributed by atoms with Crippen molar-refractivity contribution in [2.45, 2.75) is 16.7 Å². The van der Waals surface area contributed by atoms with Crippen LogP contribution in [-0.4, -0.2) is 47.3 Å². The van der Waals surface area contributed by atoms with Crippen molar-refractivity contribution in [2.24, 2.45) is 0 Å². The summed E-state index contributed by atoms with van der Waals surface area (Å²) < 4.78 is 62.1. The third-order valence-corrected chi connectivity index (χ3v) is 7.35. The largest absolute Gasteiger partial charge is 0.497 e. The van der Waals surface area contributed by atoms with E-state index in [9.17, 15) is 16.8 Å². The highest BCUT2D eigenvalue weighted by Crippen LogP contribution is 2.33. The molecule has 0 saturated heterocycles. The lowest BCUT2D eigenvalue weighted by Gasteiger charge is -2.15. The van der Waals surface area contributed by atoms with Crippen LogP contribution in [0.15, 0.2) is 58.3 Å². The number of hydrogen-bond donors (Lipinski definition) is 0. The van der Waals surface area contributed by atoms with E-state index in [1.54, 1.807) is 19.1 Å². The van der Waals surface area contributed by atoms with Crippen molar-refractivity contribution in [3.05, 3.63) is 54.2 Å². The van der Waals surface area contributed by atoms with Crippen molar-refractivity contribution in [3.8, 4) is 11.5 Å². The average Bonchev–Trinajstić information content (AvgIpc) is 2.68. The number of sulfonamides is 1. The van der Waals surface area contributed by atoms with Gasteiger partial charge in [-0.25, -0.2) is 17.7 Å². The maximum atomic E-state index is 12.7. The molecule has 0 radical (unpaired) electrons. The molecule has 2 aromatic carbocycles. The predicted molar refractivity (Wildman–Crippen MR) is 108 cm³/mol. The highest BCUT2D eigenvalue weighted by molar-refractivity contribution is 7.89. The first-order chi connectivity index (χ1) is 13.6. The second kappa shape index (κ2) is 7.62. The third kappa shape index (κ3) is 4.04. The van der Waals surface area contributed by atoms with Gasteiger partial charge in [-0.15, -0.1) is 0 Å². The topological polar surface area (TPSA) is 103 Å². The second-order valence-electron chi connectivity index (χ2n) is 6.41. The summed E-state index contributed by atoms with van der Waals surface area (Å²) in [4.78, 5) is 4.27. The van der Waals surface area contributed by atoms with Crippen LogP contribution in [0.4, 0.5) is 0 Å². The average molecular weight is 437 g/mol. The van der Waals surface area contributed by atoms with Crippen LogP contribution in [0.1, 0.15) is 5.69 Å². The van der Waals surface area contributed by atoms with Crippen molar-refractivity contribution in [1.82, 2.24) is 9.29 Å². The molecule has 1 heterocycles. The molecule has 29 heavy (non-hydrogen) atoms. The van der Waals surface area contributed by atoms with Crippen LogP contribution >= 0.6 is 0 Å². The molecule has 3 rings (SSSR count). The van der Waals surface area contributed by atoms with Gasteiger partial charge in [0.05, 0.1) is 12.0 Å². The number of aromatic nitrogens is 1.